The minimum absolute atomic E-state index is 0. The molecule has 92 valence electrons. The Morgan fingerprint density at radius 3 is 0.429 bits per heavy atom. The largest absolute Gasteiger partial charge is 4.00 e. The molecule has 0 radical (unpaired) electrons. The van der Waals surface area contributed by atoms with Crippen molar-refractivity contribution in [2.24, 2.45) is 0 Å². The maximum absolute atomic E-state index is 8.24. The number of halogens is 4. The van der Waals surface area contributed by atoms with Crippen molar-refractivity contribution in [3.8, 4) is 0 Å². The maximum atomic E-state index is 8.24. The van der Waals surface area contributed by atoms with Gasteiger partial charge in [-0.05, 0) is 0 Å². The van der Waals surface area contributed by atoms with Crippen LogP contribution in [0, 0.1) is 45.3 Å². The Labute approximate surface area is 108 Å². The zero-order valence-electron chi connectivity index (χ0n) is 5.63. The normalized spacial score (nSPS) is 5.14. The summed E-state index contributed by atoms with van der Waals surface area (Å²) in [4.78, 5) is 0. The smallest absolute Gasteiger partial charge is 0.544 e. The topological polar surface area (TPSA) is 216 Å². The molecule has 14 heavy (non-hydrogen) atoms. The summed E-state index contributed by atoms with van der Waals surface area (Å²) in [6.07, 6.45) is 0. The van der Waals surface area contributed by atoms with Gasteiger partial charge in [-0.25, -0.2) is 0 Å². The minimum Gasteiger partial charge on any atom is -0.544 e. The maximum Gasteiger partial charge on any atom is 4.00 e. The molecule has 0 unspecified atom stereocenters. The predicted molar refractivity (Wildman–Crippen MR) is 3.61 cm³/mol. The van der Waals surface area contributed by atoms with E-state index in [2.05, 4.69) is 0 Å². The average Bonchev–Trinajstić information content (AvgIpc) is 1.92. The van der Waals surface area contributed by atoms with Crippen LogP contribution in [0.2, 0.25) is 0 Å². The van der Waals surface area contributed by atoms with Gasteiger partial charge in [-0.15, -0.1) is 0 Å². The molecule has 0 rings (SSSR count). The van der Waals surface area contributed by atoms with Crippen LogP contribution in [0.25, 0.3) is 0 Å². The molecule has 0 amide bonds. The molecule has 0 aromatic carbocycles. The van der Waals surface area contributed by atoms with Gasteiger partial charge in [0, 0.05) is 0 Å². The molecule has 0 aromatic rings. The van der Waals surface area contributed by atoms with Gasteiger partial charge in [-0.3, -0.25) is 0 Å². The van der Waals surface area contributed by atoms with E-state index in [4.69, 9.17) is 37.3 Å². The van der Waals surface area contributed by atoms with Crippen LogP contribution in [0.5, 0.6) is 0 Å². The van der Waals surface area contributed by atoms with Crippen molar-refractivity contribution in [1.82, 2.24) is 0 Å². The Morgan fingerprint density at radius 2 is 0.429 bits per heavy atom. The summed E-state index contributed by atoms with van der Waals surface area (Å²) in [6.45, 7) is 0. The molecule has 0 saturated carbocycles. The molecule has 9 nitrogen and oxygen atoms in total. The third-order valence-electron chi connectivity index (χ3n) is 0. The zero-order chi connectivity index (χ0) is 10.8. The molecule has 0 aromatic heterocycles. The fourth-order valence-electron chi connectivity index (χ4n) is 0. The fourth-order valence-corrected chi connectivity index (χ4v) is 0. The van der Waals surface area contributed by atoms with Crippen molar-refractivity contribution >= 4 is 0 Å². The SMILES string of the molecule is O.[O-][Cl+][O-].[O-][Cl+][O-].[O-][Cl+][O-].[O-][Cl+][O-].[Os+4]. The van der Waals surface area contributed by atoms with Crippen molar-refractivity contribution in [2.75, 3.05) is 0 Å². The number of rotatable bonds is 0. The molecular formula is H2Cl4O9Os. The number of hydrogen-bond donors (Lipinski definition) is 0. The molecule has 2 N–H and O–H groups in total. The van der Waals surface area contributed by atoms with Crippen molar-refractivity contribution in [1.29, 1.82) is 0 Å². The molecule has 0 atom stereocenters. The van der Waals surface area contributed by atoms with E-state index in [0.717, 1.165) is 0 Å². The first-order chi connectivity index (χ1) is 5.66. The van der Waals surface area contributed by atoms with E-state index in [1.54, 1.807) is 0 Å². The van der Waals surface area contributed by atoms with Crippen LogP contribution < -0.4 is 37.3 Å². The van der Waals surface area contributed by atoms with Crippen LogP contribution in [0.1, 0.15) is 0 Å². The first-order valence-corrected chi connectivity index (χ1v) is 3.70. The van der Waals surface area contributed by atoms with Gasteiger partial charge in [-0.1, -0.05) is 0 Å². The Kier molecular flexibility index (Phi) is 228. The second kappa shape index (κ2) is 88.2. The van der Waals surface area contributed by atoms with Crippen molar-refractivity contribution in [3.05, 3.63) is 0 Å². The third kappa shape index (κ3) is 1010. The molecule has 0 bridgehead atoms. The van der Waals surface area contributed by atoms with Crippen molar-refractivity contribution in [3.63, 3.8) is 0 Å². The second-order valence-electron chi connectivity index (χ2n) is 0.252. The summed E-state index contributed by atoms with van der Waals surface area (Å²) < 4.78 is 65.9. The van der Waals surface area contributed by atoms with Gasteiger partial charge < -0.3 is 42.7 Å². The summed E-state index contributed by atoms with van der Waals surface area (Å²) in [5.74, 6) is 0. The summed E-state index contributed by atoms with van der Waals surface area (Å²) in [5.41, 5.74) is 0. The molecule has 0 saturated heterocycles. The fraction of sp³-hybridized carbons (Fsp3) is 0. The van der Waals surface area contributed by atoms with Crippen molar-refractivity contribution < 1.29 is 108 Å². The summed E-state index contributed by atoms with van der Waals surface area (Å²) >= 11 is -1.67. The minimum atomic E-state index is -0.417. The Bertz CT molecular complexity index is 24.8. The molecule has 0 spiro atoms. The van der Waals surface area contributed by atoms with Crippen LogP contribution in [-0.2, 0) is 19.8 Å². The van der Waals surface area contributed by atoms with E-state index in [-0.39, 0.29) is 25.3 Å². The van der Waals surface area contributed by atoms with Crippen molar-refractivity contribution in [2.45, 2.75) is 0 Å². The van der Waals surface area contributed by atoms with E-state index in [1.807, 2.05) is 0 Å². The zero-order valence-corrected chi connectivity index (χ0v) is 11.2. The Morgan fingerprint density at radius 1 is 0.429 bits per heavy atom. The molecule has 0 aliphatic rings. The third-order valence-corrected chi connectivity index (χ3v) is 0. The van der Waals surface area contributed by atoms with E-state index in [1.165, 1.54) is 0 Å². The Hall–Kier alpha value is 1.44. The van der Waals surface area contributed by atoms with Crippen LogP contribution in [0.15, 0.2) is 0 Å². The predicted octanol–water partition coefficient (Wildman–Crippen LogP) is -10.3. The standard InChI is InChI=1S/4ClO2.H2O.Os/c4*2-1-3;;/h;;;;1H2;/q4*-1;;+4. The van der Waals surface area contributed by atoms with E-state index < -0.39 is 45.3 Å². The molecule has 0 aliphatic carbocycles. The van der Waals surface area contributed by atoms with Gasteiger partial charge in [0.1, 0.15) is 0 Å². The molecule has 0 fully saturated rings. The first kappa shape index (κ1) is 36.1. The van der Waals surface area contributed by atoms with Gasteiger partial charge in [0.25, 0.3) is 0 Å². The summed E-state index contributed by atoms with van der Waals surface area (Å²) in [5, 5.41) is 0. The van der Waals surface area contributed by atoms with Gasteiger partial charge in [0.2, 0.25) is 0 Å². The summed E-state index contributed by atoms with van der Waals surface area (Å²) in [6, 6.07) is 0. The quantitative estimate of drug-likeness (QED) is 0.325. The molecule has 14 heteroatoms. The van der Waals surface area contributed by atoms with Gasteiger partial charge in [0.15, 0.2) is 0 Å². The molecule has 0 aliphatic heterocycles. The van der Waals surface area contributed by atoms with E-state index in [0.29, 0.717) is 0 Å². The monoisotopic (exact) mass is 478 g/mol. The van der Waals surface area contributed by atoms with Gasteiger partial charge >= 0.3 is 19.8 Å². The van der Waals surface area contributed by atoms with Gasteiger partial charge in [-0.2, -0.15) is 0 Å². The first-order valence-electron chi connectivity index (χ1n) is 1.23. The Balaban J connectivity index is -0.0000000145. The van der Waals surface area contributed by atoms with Crippen LogP contribution in [0.3, 0.4) is 0 Å². The van der Waals surface area contributed by atoms with Gasteiger partial charge in [0.05, 0.1) is 45.3 Å². The average molecular weight is 478 g/mol. The van der Waals surface area contributed by atoms with E-state index in [9.17, 15) is 0 Å². The van der Waals surface area contributed by atoms with E-state index >= 15 is 0 Å². The number of hydrogen-bond acceptors (Lipinski definition) is 8. The van der Waals surface area contributed by atoms with Crippen LogP contribution >= 0.6 is 0 Å². The van der Waals surface area contributed by atoms with Crippen LogP contribution in [-0.4, -0.2) is 5.48 Å². The second-order valence-corrected chi connectivity index (χ2v) is 0.756. The molecule has 0 heterocycles. The van der Waals surface area contributed by atoms with Crippen LogP contribution in [0.4, 0.5) is 0 Å². The summed E-state index contributed by atoms with van der Waals surface area (Å²) in [7, 11) is 0. The molecular weight excluding hydrogens is 476 g/mol.